The van der Waals surface area contributed by atoms with Crippen molar-refractivity contribution < 1.29 is 13.9 Å². The standard InChI is InChI=1S/C11H14ClFN2O2/c1-15(6-8(12)7-17-2)11(16)9-3-4-14-5-10(9)13/h3-5,8H,6-7H2,1-2H3. The van der Waals surface area contributed by atoms with Crippen molar-refractivity contribution in [3.63, 3.8) is 0 Å². The lowest BCUT2D eigenvalue weighted by Crippen LogP contribution is -2.34. The summed E-state index contributed by atoms with van der Waals surface area (Å²) in [6, 6.07) is 1.34. The molecular formula is C11H14ClFN2O2. The molecule has 4 nitrogen and oxygen atoms in total. The number of nitrogens with zero attached hydrogens (tertiary/aromatic N) is 2. The minimum Gasteiger partial charge on any atom is -0.383 e. The molecule has 0 N–H and O–H groups in total. The molecule has 1 aromatic rings. The molecule has 0 saturated carbocycles. The number of aromatic nitrogens is 1. The van der Waals surface area contributed by atoms with E-state index in [9.17, 15) is 9.18 Å². The van der Waals surface area contributed by atoms with Crippen LogP contribution in [-0.4, -0.2) is 48.5 Å². The van der Waals surface area contributed by atoms with Crippen molar-refractivity contribution >= 4 is 17.5 Å². The van der Waals surface area contributed by atoms with E-state index in [1.165, 1.54) is 24.3 Å². The lowest BCUT2D eigenvalue weighted by Gasteiger charge is -2.20. The Balaban J connectivity index is 2.67. The highest BCUT2D eigenvalue weighted by molar-refractivity contribution is 6.21. The van der Waals surface area contributed by atoms with Crippen molar-refractivity contribution in [1.29, 1.82) is 0 Å². The van der Waals surface area contributed by atoms with Crippen LogP contribution in [0.3, 0.4) is 0 Å². The third-order valence-electron chi connectivity index (χ3n) is 2.17. The van der Waals surface area contributed by atoms with Crippen LogP contribution < -0.4 is 0 Å². The normalized spacial score (nSPS) is 12.2. The number of carbonyl (C=O) groups is 1. The van der Waals surface area contributed by atoms with Crippen LogP contribution in [-0.2, 0) is 4.74 Å². The fourth-order valence-corrected chi connectivity index (χ4v) is 1.70. The Morgan fingerprint density at radius 3 is 3.00 bits per heavy atom. The van der Waals surface area contributed by atoms with Crippen molar-refractivity contribution in [2.24, 2.45) is 0 Å². The molecule has 94 valence electrons. The van der Waals surface area contributed by atoms with E-state index >= 15 is 0 Å². The molecule has 1 rings (SSSR count). The van der Waals surface area contributed by atoms with E-state index in [0.29, 0.717) is 6.61 Å². The fraction of sp³-hybridized carbons (Fsp3) is 0.455. The molecule has 0 spiro atoms. The average molecular weight is 261 g/mol. The van der Waals surface area contributed by atoms with E-state index in [1.54, 1.807) is 7.05 Å². The van der Waals surface area contributed by atoms with Gasteiger partial charge < -0.3 is 9.64 Å². The summed E-state index contributed by atoms with van der Waals surface area (Å²) in [6.07, 6.45) is 2.38. The smallest absolute Gasteiger partial charge is 0.256 e. The van der Waals surface area contributed by atoms with Gasteiger partial charge in [-0.25, -0.2) is 4.39 Å². The zero-order chi connectivity index (χ0) is 12.8. The molecule has 1 unspecified atom stereocenters. The molecule has 1 amide bonds. The maximum absolute atomic E-state index is 13.3. The van der Waals surface area contributed by atoms with Gasteiger partial charge in [0.15, 0.2) is 5.82 Å². The van der Waals surface area contributed by atoms with E-state index < -0.39 is 11.7 Å². The maximum Gasteiger partial charge on any atom is 0.256 e. The second-order valence-corrected chi connectivity index (χ2v) is 4.21. The van der Waals surface area contributed by atoms with E-state index in [1.807, 2.05) is 0 Å². The van der Waals surface area contributed by atoms with Crippen LogP contribution in [0.5, 0.6) is 0 Å². The zero-order valence-electron chi connectivity index (χ0n) is 9.69. The molecule has 1 heterocycles. The molecule has 0 fully saturated rings. The maximum atomic E-state index is 13.3. The third kappa shape index (κ3) is 3.94. The van der Waals surface area contributed by atoms with E-state index in [2.05, 4.69) is 4.98 Å². The summed E-state index contributed by atoms with van der Waals surface area (Å²) in [6.45, 7) is 0.619. The Kier molecular flexibility index (Phi) is 5.31. The Labute approximate surface area is 104 Å². The third-order valence-corrected chi connectivity index (χ3v) is 2.43. The number of hydrogen-bond acceptors (Lipinski definition) is 3. The molecule has 0 aliphatic heterocycles. The predicted molar refractivity (Wildman–Crippen MR) is 62.7 cm³/mol. The average Bonchev–Trinajstić information content (AvgIpc) is 2.29. The summed E-state index contributed by atoms with van der Waals surface area (Å²) < 4.78 is 18.2. The number of amides is 1. The molecule has 0 aliphatic carbocycles. The monoisotopic (exact) mass is 260 g/mol. The van der Waals surface area contributed by atoms with Crippen molar-refractivity contribution in [3.05, 3.63) is 29.8 Å². The number of pyridine rings is 1. The molecule has 1 atom stereocenters. The number of methoxy groups -OCH3 is 1. The minimum absolute atomic E-state index is 0.0104. The van der Waals surface area contributed by atoms with Crippen LogP contribution in [0.1, 0.15) is 10.4 Å². The van der Waals surface area contributed by atoms with Gasteiger partial charge in [0.1, 0.15) is 0 Å². The highest BCUT2D eigenvalue weighted by Gasteiger charge is 2.18. The zero-order valence-corrected chi connectivity index (χ0v) is 10.4. The van der Waals surface area contributed by atoms with Gasteiger partial charge in [-0.1, -0.05) is 0 Å². The van der Waals surface area contributed by atoms with Gasteiger partial charge in [0.25, 0.3) is 5.91 Å². The minimum atomic E-state index is -0.637. The number of alkyl halides is 1. The van der Waals surface area contributed by atoms with Crippen molar-refractivity contribution in [2.45, 2.75) is 5.38 Å². The van der Waals surface area contributed by atoms with Gasteiger partial charge in [0, 0.05) is 26.9 Å². The summed E-state index contributed by atoms with van der Waals surface area (Å²) >= 11 is 5.92. The first-order valence-corrected chi connectivity index (χ1v) is 5.48. The van der Waals surface area contributed by atoms with Gasteiger partial charge in [0.05, 0.1) is 23.7 Å². The van der Waals surface area contributed by atoms with Gasteiger partial charge >= 0.3 is 0 Å². The highest BCUT2D eigenvalue weighted by Crippen LogP contribution is 2.09. The second-order valence-electron chi connectivity index (χ2n) is 3.59. The second kappa shape index (κ2) is 6.51. The van der Waals surface area contributed by atoms with Crippen molar-refractivity contribution in [2.75, 3.05) is 27.3 Å². The van der Waals surface area contributed by atoms with Crippen LogP contribution in [0.4, 0.5) is 4.39 Å². The van der Waals surface area contributed by atoms with Crippen LogP contribution in [0, 0.1) is 5.82 Å². The van der Waals surface area contributed by atoms with E-state index in [0.717, 1.165) is 6.20 Å². The van der Waals surface area contributed by atoms with Crippen molar-refractivity contribution in [1.82, 2.24) is 9.88 Å². The summed E-state index contributed by atoms with van der Waals surface area (Å²) in [5.41, 5.74) is -0.0104. The Hall–Kier alpha value is -1.20. The van der Waals surface area contributed by atoms with Gasteiger partial charge in [-0.3, -0.25) is 9.78 Å². The Bertz CT molecular complexity index is 389. The van der Waals surface area contributed by atoms with Gasteiger partial charge in [0.2, 0.25) is 0 Å². The van der Waals surface area contributed by atoms with Crippen LogP contribution in [0.25, 0.3) is 0 Å². The van der Waals surface area contributed by atoms with Gasteiger partial charge in [-0.05, 0) is 6.07 Å². The van der Waals surface area contributed by atoms with Crippen LogP contribution >= 0.6 is 11.6 Å². The first-order chi connectivity index (χ1) is 8.06. The molecule has 0 aromatic carbocycles. The molecular weight excluding hydrogens is 247 g/mol. The molecule has 1 aromatic heterocycles. The summed E-state index contributed by atoms with van der Waals surface area (Å²) in [7, 11) is 3.09. The fourth-order valence-electron chi connectivity index (χ4n) is 1.37. The molecule has 0 bridgehead atoms. The Morgan fingerprint density at radius 2 is 2.41 bits per heavy atom. The molecule has 0 saturated heterocycles. The number of ether oxygens (including phenoxy) is 1. The van der Waals surface area contributed by atoms with E-state index in [-0.39, 0.29) is 17.5 Å². The first-order valence-electron chi connectivity index (χ1n) is 5.04. The molecule has 0 radical (unpaired) electrons. The number of rotatable bonds is 5. The summed E-state index contributed by atoms with van der Waals surface area (Å²) in [5, 5.41) is -0.321. The quantitative estimate of drug-likeness (QED) is 0.755. The number of hydrogen-bond donors (Lipinski definition) is 0. The van der Waals surface area contributed by atoms with Crippen molar-refractivity contribution in [3.8, 4) is 0 Å². The van der Waals surface area contributed by atoms with Crippen LogP contribution in [0.2, 0.25) is 0 Å². The lowest BCUT2D eigenvalue weighted by molar-refractivity contribution is 0.0777. The number of halogens is 2. The first kappa shape index (κ1) is 13.9. The predicted octanol–water partition coefficient (Wildman–Crippen LogP) is 1.55. The lowest BCUT2D eigenvalue weighted by atomic mass is 10.2. The number of carbonyl (C=O) groups excluding carboxylic acids is 1. The topological polar surface area (TPSA) is 42.4 Å². The Morgan fingerprint density at radius 1 is 1.71 bits per heavy atom. The SMILES string of the molecule is COCC(Cl)CN(C)C(=O)c1ccncc1F. The summed E-state index contributed by atoms with van der Waals surface area (Å²) in [4.78, 5) is 16.8. The summed E-state index contributed by atoms with van der Waals surface area (Å²) in [5.74, 6) is -1.06. The van der Waals surface area contributed by atoms with Gasteiger partial charge in [-0.2, -0.15) is 0 Å². The van der Waals surface area contributed by atoms with Crippen LogP contribution in [0.15, 0.2) is 18.5 Å². The van der Waals surface area contributed by atoms with E-state index in [4.69, 9.17) is 16.3 Å². The largest absolute Gasteiger partial charge is 0.383 e. The molecule has 17 heavy (non-hydrogen) atoms. The molecule has 0 aliphatic rings. The highest BCUT2D eigenvalue weighted by atomic mass is 35.5. The molecule has 6 heteroatoms. The van der Waals surface area contributed by atoms with Gasteiger partial charge in [-0.15, -0.1) is 11.6 Å².